The second-order valence-corrected chi connectivity index (χ2v) is 4.55. The maximum Gasteiger partial charge on any atom is 0.246 e. The third kappa shape index (κ3) is 5.50. The molecule has 0 radical (unpaired) electrons. The molecule has 3 nitrogen and oxygen atoms in total. The van der Waals surface area contributed by atoms with E-state index < -0.39 is 0 Å². The Bertz CT molecular complexity index is 188. The lowest BCUT2D eigenvalue weighted by Gasteiger charge is -2.13. The maximum absolute atomic E-state index is 11.6. The second-order valence-electron chi connectivity index (χ2n) is 4.55. The molecule has 0 spiro atoms. The Hall–Kier alpha value is -0.570. The van der Waals surface area contributed by atoms with Gasteiger partial charge in [0.2, 0.25) is 5.91 Å². The Kier molecular flexibility index (Phi) is 7.23. The van der Waals surface area contributed by atoms with Gasteiger partial charge in [-0.25, -0.2) is 5.06 Å². The number of carbonyl (C=O) groups excluding carboxylic acids is 1. The number of rotatable bonds is 8. The van der Waals surface area contributed by atoms with Crippen molar-refractivity contribution in [3.63, 3.8) is 0 Å². The average Bonchev–Trinajstić information content (AvgIpc) is 2.81. The van der Waals surface area contributed by atoms with Gasteiger partial charge in [-0.2, -0.15) is 0 Å². The van der Waals surface area contributed by atoms with E-state index in [1.54, 1.807) is 0 Å². The van der Waals surface area contributed by atoms with E-state index in [4.69, 9.17) is 4.84 Å². The zero-order valence-corrected chi connectivity index (χ0v) is 10.5. The predicted octanol–water partition coefficient (Wildman–Crippen LogP) is 3.29. The fraction of sp³-hybridized carbons (Fsp3) is 0.923. The third-order valence-electron chi connectivity index (χ3n) is 3.03. The van der Waals surface area contributed by atoms with E-state index in [1.807, 2.05) is 0 Å². The summed E-state index contributed by atoms with van der Waals surface area (Å²) in [6, 6.07) is 0. The Morgan fingerprint density at radius 2 is 1.81 bits per heavy atom. The van der Waals surface area contributed by atoms with Crippen molar-refractivity contribution >= 4 is 5.91 Å². The number of hydrogen-bond donors (Lipinski definition) is 0. The molecular formula is C13H25NO2. The summed E-state index contributed by atoms with van der Waals surface area (Å²) in [5.74, 6) is 0.172. The first-order valence-corrected chi connectivity index (χ1v) is 6.78. The molecule has 0 N–H and O–H groups in total. The summed E-state index contributed by atoms with van der Waals surface area (Å²) in [6.07, 6.45) is 10.4. The number of unbranched alkanes of at least 4 members (excludes halogenated alkanes) is 6. The van der Waals surface area contributed by atoms with Gasteiger partial charge in [0.15, 0.2) is 0 Å². The topological polar surface area (TPSA) is 29.5 Å². The van der Waals surface area contributed by atoms with E-state index in [2.05, 4.69) is 6.92 Å². The summed E-state index contributed by atoms with van der Waals surface area (Å²) in [5.41, 5.74) is 0. The van der Waals surface area contributed by atoms with Crippen LogP contribution in [0.5, 0.6) is 0 Å². The normalized spacial score (nSPS) is 15.7. The molecule has 1 heterocycles. The molecule has 94 valence electrons. The number of amides is 1. The molecule has 16 heavy (non-hydrogen) atoms. The van der Waals surface area contributed by atoms with E-state index >= 15 is 0 Å². The lowest BCUT2D eigenvalue weighted by Crippen LogP contribution is -2.26. The SMILES string of the molecule is CCCCCCCCCC(=O)N1CCCO1. The van der Waals surface area contributed by atoms with Crippen molar-refractivity contribution in [1.82, 2.24) is 5.06 Å². The first-order chi connectivity index (χ1) is 7.84. The fourth-order valence-corrected chi connectivity index (χ4v) is 2.00. The largest absolute Gasteiger partial charge is 0.273 e. The minimum Gasteiger partial charge on any atom is -0.273 e. The Labute approximate surface area is 99.1 Å². The van der Waals surface area contributed by atoms with Crippen molar-refractivity contribution < 1.29 is 9.63 Å². The van der Waals surface area contributed by atoms with E-state index in [9.17, 15) is 4.79 Å². The lowest BCUT2D eigenvalue weighted by atomic mass is 10.1. The van der Waals surface area contributed by atoms with Gasteiger partial charge < -0.3 is 0 Å². The van der Waals surface area contributed by atoms with Crippen LogP contribution < -0.4 is 0 Å². The standard InChI is InChI=1S/C13H25NO2/c1-2-3-4-5-6-7-8-10-13(15)14-11-9-12-16-14/h2-12H2,1H3. The summed E-state index contributed by atoms with van der Waals surface area (Å²) in [7, 11) is 0. The number of hydrogen-bond acceptors (Lipinski definition) is 2. The highest BCUT2D eigenvalue weighted by molar-refractivity contribution is 5.75. The minimum atomic E-state index is 0.172. The molecule has 0 saturated carbocycles. The third-order valence-corrected chi connectivity index (χ3v) is 3.03. The Balaban J connectivity index is 1.88. The second kappa shape index (κ2) is 8.57. The van der Waals surface area contributed by atoms with Crippen molar-refractivity contribution in [1.29, 1.82) is 0 Å². The van der Waals surface area contributed by atoms with Crippen LogP contribution in [0.2, 0.25) is 0 Å². The molecule has 0 bridgehead atoms. The molecule has 1 aliphatic heterocycles. The van der Waals surface area contributed by atoms with Crippen LogP contribution in [0.25, 0.3) is 0 Å². The highest BCUT2D eigenvalue weighted by atomic mass is 16.7. The zero-order valence-electron chi connectivity index (χ0n) is 10.5. The van der Waals surface area contributed by atoms with Gasteiger partial charge in [-0.15, -0.1) is 0 Å². The number of nitrogens with zero attached hydrogens (tertiary/aromatic N) is 1. The highest BCUT2D eigenvalue weighted by Gasteiger charge is 2.18. The molecule has 0 aromatic carbocycles. The average molecular weight is 227 g/mol. The minimum absolute atomic E-state index is 0.172. The quantitative estimate of drug-likeness (QED) is 0.595. The monoisotopic (exact) mass is 227 g/mol. The molecule has 0 aromatic rings. The molecule has 1 fully saturated rings. The van der Waals surface area contributed by atoms with E-state index in [1.165, 1.54) is 43.6 Å². The maximum atomic E-state index is 11.6. The van der Waals surface area contributed by atoms with Crippen LogP contribution in [0.1, 0.15) is 64.7 Å². The lowest BCUT2D eigenvalue weighted by molar-refractivity contribution is -0.168. The van der Waals surface area contributed by atoms with Crippen molar-refractivity contribution in [3.8, 4) is 0 Å². The summed E-state index contributed by atoms with van der Waals surface area (Å²) < 4.78 is 0. The van der Waals surface area contributed by atoms with E-state index in [0.717, 1.165) is 19.4 Å². The van der Waals surface area contributed by atoms with Crippen molar-refractivity contribution in [3.05, 3.63) is 0 Å². The first-order valence-electron chi connectivity index (χ1n) is 6.78. The predicted molar refractivity (Wildman–Crippen MR) is 64.9 cm³/mol. The first kappa shape index (κ1) is 13.5. The molecule has 0 aromatic heterocycles. The molecule has 1 rings (SSSR count). The van der Waals surface area contributed by atoms with Gasteiger partial charge in [-0.05, 0) is 12.8 Å². The van der Waals surface area contributed by atoms with E-state index in [-0.39, 0.29) is 5.91 Å². The van der Waals surface area contributed by atoms with Crippen LogP contribution in [0, 0.1) is 0 Å². The van der Waals surface area contributed by atoms with Crippen LogP contribution >= 0.6 is 0 Å². The van der Waals surface area contributed by atoms with Crippen LogP contribution in [0.3, 0.4) is 0 Å². The van der Waals surface area contributed by atoms with Gasteiger partial charge in [0.05, 0.1) is 13.2 Å². The smallest absolute Gasteiger partial charge is 0.246 e. The van der Waals surface area contributed by atoms with E-state index in [0.29, 0.717) is 13.0 Å². The molecule has 0 aliphatic carbocycles. The van der Waals surface area contributed by atoms with Crippen molar-refractivity contribution in [2.24, 2.45) is 0 Å². The van der Waals surface area contributed by atoms with Gasteiger partial charge in [-0.1, -0.05) is 45.4 Å². The fourth-order valence-electron chi connectivity index (χ4n) is 2.00. The van der Waals surface area contributed by atoms with Gasteiger partial charge in [0.1, 0.15) is 0 Å². The van der Waals surface area contributed by atoms with Gasteiger partial charge in [0, 0.05) is 6.42 Å². The van der Waals surface area contributed by atoms with Crippen LogP contribution in [-0.4, -0.2) is 24.1 Å². The molecule has 3 heteroatoms. The molecule has 0 atom stereocenters. The highest BCUT2D eigenvalue weighted by Crippen LogP contribution is 2.11. The van der Waals surface area contributed by atoms with Gasteiger partial charge in [0.25, 0.3) is 0 Å². The Morgan fingerprint density at radius 1 is 1.12 bits per heavy atom. The molecule has 1 amide bonds. The van der Waals surface area contributed by atoms with Crippen LogP contribution in [0.4, 0.5) is 0 Å². The van der Waals surface area contributed by atoms with Crippen molar-refractivity contribution in [2.75, 3.05) is 13.2 Å². The molecule has 1 aliphatic rings. The van der Waals surface area contributed by atoms with Crippen LogP contribution in [0.15, 0.2) is 0 Å². The Morgan fingerprint density at radius 3 is 2.44 bits per heavy atom. The molecule has 0 unspecified atom stereocenters. The van der Waals surface area contributed by atoms with Gasteiger partial charge >= 0.3 is 0 Å². The molecule has 1 saturated heterocycles. The summed E-state index contributed by atoms with van der Waals surface area (Å²) in [4.78, 5) is 16.8. The van der Waals surface area contributed by atoms with Crippen LogP contribution in [-0.2, 0) is 9.63 Å². The summed E-state index contributed by atoms with van der Waals surface area (Å²) in [5, 5.41) is 1.54. The zero-order chi connectivity index (χ0) is 11.6. The van der Waals surface area contributed by atoms with Crippen molar-refractivity contribution in [2.45, 2.75) is 64.7 Å². The van der Waals surface area contributed by atoms with Gasteiger partial charge in [-0.3, -0.25) is 9.63 Å². The number of hydroxylamine groups is 2. The summed E-state index contributed by atoms with van der Waals surface area (Å²) in [6.45, 7) is 3.73. The summed E-state index contributed by atoms with van der Waals surface area (Å²) >= 11 is 0. The number of carbonyl (C=O) groups is 1. The molecular weight excluding hydrogens is 202 g/mol.